The van der Waals surface area contributed by atoms with Crippen LogP contribution in [0.1, 0.15) is 11.6 Å². The van der Waals surface area contributed by atoms with Crippen LogP contribution in [-0.2, 0) is 13.1 Å². The lowest BCUT2D eigenvalue weighted by Gasteiger charge is -2.13. The largest absolute Gasteiger partial charge is 0.333 e. The summed E-state index contributed by atoms with van der Waals surface area (Å²) in [5.74, 6) is 1.95. The van der Waals surface area contributed by atoms with Gasteiger partial charge in [-0.2, -0.15) is 0 Å². The second-order valence-corrected chi connectivity index (χ2v) is 6.80. The van der Waals surface area contributed by atoms with Crippen LogP contribution < -0.4 is 0 Å². The number of benzene rings is 2. The number of hydrogen-bond acceptors (Lipinski definition) is 3. The predicted octanol–water partition coefficient (Wildman–Crippen LogP) is 3.31. The molecule has 2 aromatic carbocycles. The molecule has 0 bridgehead atoms. The first-order chi connectivity index (χ1) is 12.2. The highest BCUT2D eigenvalue weighted by Gasteiger charge is 2.24. The molecule has 0 spiro atoms. The maximum atomic E-state index is 4.52. The van der Waals surface area contributed by atoms with Gasteiger partial charge in [0.1, 0.15) is 0 Å². The molecule has 25 heavy (non-hydrogen) atoms. The van der Waals surface area contributed by atoms with Gasteiger partial charge >= 0.3 is 0 Å². The summed E-state index contributed by atoms with van der Waals surface area (Å²) in [6.45, 7) is 1.48. The number of para-hydroxylation sites is 2. The molecule has 2 aromatic heterocycles. The predicted molar refractivity (Wildman–Crippen MR) is 98.8 cm³/mol. The Kier molecular flexibility index (Phi) is 3.05. The van der Waals surface area contributed by atoms with Crippen LogP contribution in [0.25, 0.3) is 27.8 Å². The van der Waals surface area contributed by atoms with E-state index < -0.39 is 0 Å². The average molecular weight is 329 g/mol. The highest BCUT2D eigenvalue weighted by Crippen LogP contribution is 2.36. The minimum Gasteiger partial charge on any atom is -0.333 e. The van der Waals surface area contributed by atoms with Gasteiger partial charge < -0.3 is 9.47 Å². The van der Waals surface area contributed by atoms with Gasteiger partial charge in [0, 0.05) is 16.5 Å². The van der Waals surface area contributed by atoms with E-state index in [9.17, 15) is 0 Å². The summed E-state index contributed by atoms with van der Waals surface area (Å²) in [7, 11) is 4.11. The first kappa shape index (κ1) is 14.4. The molecule has 5 nitrogen and oxygen atoms in total. The molecule has 0 atom stereocenters. The maximum Gasteiger partial charge on any atom is 0.157 e. The summed E-state index contributed by atoms with van der Waals surface area (Å²) < 4.78 is 4.57. The summed E-state index contributed by atoms with van der Waals surface area (Å²) in [6.07, 6.45) is 0. The van der Waals surface area contributed by atoms with E-state index in [4.69, 9.17) is 0 Å². The van der Waals surface area contributed by atoms with Crippen LogP contribution in [0.5, 0.6) is 0 Å². The smallest absolute Gasteiger partial charge is 0.157 e. The normalized spacial score (nSPS) is 12.8. The number of aromatic nitrogens is 4. The highest BCUT2D eigenvalue weighted by atomic mass is 15.3. The SMILES string of the molecule is CN(C)Cc1nnc2n1-c1ccccc1-c1cc3ccccc3n1C2. The lowest BCUT2D eigenvalue weighted by Crippen LogP contribution is -2.16. The molecule has 0 amide bonds. The van der Waals surface area contributed by atoms with Gasteiger partial charge in [-0.3, -0.25) is 4.57 Å². The van der Waals surface area contributed by atoms with E-state index in [1.807, 2.05) is 0 Å². The summed E-state index contributed by atoms with van der Waals surface area (Å²) in [4.78, 5) is 2.13. The number of hydrogen-bond donors (Lipinski definition) is 0. The molecule has 1 aliphatic rings. The zero-order valence-corrected chi connectivity index (χ0v) is 14.3. The Morgan fingerprint density at radius 3 is 2.68 bits per heavy atom. The van der Waals surface area contributed by atoms with Gasteiger partial charge in [-0.15, -0.1) is 10.2 Å². The molecule has 1 aliphatic heterocycles. The zero-order chi connectivity index (χ0) is 17.0. The van der Waals surface area contributed by atoms with Crippen molar-refractivity contribution < 1.29 is 0 Å². The van der Waals surface area contributed by atoms with Crippen molar-refractivity contribution in [2.45, 2.75) is 13.1 Å². The molecule has 4 aromatic rings. The highest BCUT2D eigenvalue weighted by molar-refractivity contribution is 5.89. The second kappa shape index (κ2) is 5.29. The van der Waals surface area contributed by atoms with E-state index in [2.05, 4.69) is 92.9 Å². The van der Waals surface area contributed by atoms with Crippen LogP contribution in [0.3, 0.4) is 0 Å². The van der Waals surface area contributed by atoms with Crippen LogP contribution in [-0.4, -0.2) is 38.3 Å². The minimum absolute atomic E-state index is 0.720. The molecule has 3 heterocycles. The van der Waals surface area contributed by atoms with Gasteiger partial charge in [0.25, 0.3) is 0 Å². The van der Waals surface area contributed by atoms with Crippen molar-refractivity contribution in [2.75, 3.05) is 14.1 Å². The molecule has 0 N–H and O–H groups in total. The van der Waals surface area contributed by atoms with Crippen molar-refractivity contribution in [1.29, 1.82) is 0 Å². The third kappa shape index (κ3) is 2.13. The fraction of sp³-hybridized carbons (Fsp3) is 0.200. The monoisotopic (exact) mass is 329 g/mol. The fourth-order valence-electron chi connectivity index (χ4n) is 3.75. The van der Waals surface area contributed by atoms with Gasteiger partial charge in [0.2, 0.25) is 0 Å². The van der Waals surface area contributed by atoms with Crippen molar-refractivity contribution in [3.63, 3.8) is 0 Å². The van der Waals surface area contributed by atoms with Crippen LogP contribution in [0, 0.1) is 0 Å². The lowest BCUT2D eigenvalue weighted by molar-refractivity contribution is 0.387. The van der Waals surface area contributed by atoms with Crippen molar-refractivity contribution >= 4 is 10.9 Å². The first-order valence-corrected chi connectivity index (χ1v) is 8.48. The number of nitrogens with zero attached hydrogens (tertiary/aromatic N) is 5. The Balaban J connectivity index is 1.83. The van der Waals surface area contributed by atoms with Crippen LogP contribution in [0.2, 0.25) is 0 Å². The van der Waals surface area contributed by atoms with E-state index in [1.54, 1.807) is 0 Å². The number of rotatable bonds is 2. The van der Waals surface area contributed by atoms with Crippen molar-refractivity contribution in [3.05, 3.63) is 66.2 Å². The first-order valence-electron chi connectivity index (χ1n) is 8.48. The van der Waals surface area contributed by atoms with Gasteiger partial charge in [-0.1, -0.05) is 36.4 Å². The summed E-state index contributed by atoms with van der Waals surface area (Å²) in [5, 5.41) is 10.3. The molecule has 0 radical (unpaired) electrons. The molecule has 0 fully saturated rings. The lowest BCUT2D eigenvalue weighted by atomic mass is 10.1. The Bertz CT molecular complexity index is 1090. The van der Waals surface area contributed by atoms with E-state index in [1.165, 1.54) is 22.2 Å². The van der Waals surface area contributed by atoms with Gasteiger partial charge in [0.15, 0.2) is 11.6 Å². The summed E-state index contributed by atoms with van der Waals surface area (Å²) in [6, 6.07) is 19.3. The Hall–Kier alpha value is -2.92. The Morgan fingerprint density at radius 1 is 1.00 bits per heavy atom. The Labute approximate surface area is 146 Å². The van der Waals surface area contributed by atoms with Gasteiger partial charge in [0.05, 0.1) is 24.5 Å². The maximum absolute atomic E-state index is 4.52. The Morgan fingerprint density at radius 2 is 1.80 bits per heavy atom. The molecular formula is C20H19N5. The quantitative estimate of drug-likeness (QED) is 0.499. The zero-order valence-electron chi connectivity index (χ0n) is 14.3. The summed E-state index contributed by atoms with van der Waals surface area (Å²) >= 11 is 0. The number of fused-ring (bicyclic) bond motifs is 7. The molecule has 0 aliphatic carbocycles. The molecular weight excluding hydrogens is 310 g/mol. The van der Waals surface area contributed by atoms with Crippen molar-refractivity contribution in [1.82, 2.24) is 24.2 Å². The van der Waals surface area contributed by atoms with E-state index >= 15 is 0 Å². The molecule has 5 heteroatoms. The molecule has 0 saturated carbocycles. The average Bonchev–Trinajstić information content (AvgIpc) is 3.13. The van der Waals surface area contributed by atoms with Gasteiger partial charge in [-0.25, -0.2) is 0 Å². The third-order valence-corrected chi connectivity index (χ3v) is 4.79. The topological polar surface area (TPSA) is 38.9 Å². The molecule has 124 valence electrons. The second-order valence-electron chi connectivity index (χ2n) is 6.80. The van der Waals surface area contributed by atoms with E-state index in [-0.39, 0.29) is 0 Å². The van der Waals surface area contributed by atoms with E-state index in [0.717, 1.165) is 30.4 Å². The van der Waals surface area contributed by atoms with Gasteiger partial charge in [-0.05, 0) is 32.3 Å². The van der Waals surface area contributed by atoms with Crippen LogP contribution in [0.4, 0.5) is 0 Å². The van der Waals surface area contributed by atoms with E-state index in [0.29, 0.717) is 0 Å². The fourth-order valence-corrected chi connectivity index (χ4v) is 3.75. The van der Waals surface area contributed by atoms with Crippen LogP contribution in [0.15, 0.2) is 54.6 Å². The third-order valence-electron chi connectivity index (χ3n) is 4.79. The minimum atomic E-state index is 0.720. The van der Waals surface area contributed by atoms with Crippen LogP contribution >= 0.6 is 0 Å². The molecule has 0 saturated heterocycles. The van der Waals surface area contributed by atoms with Crippen molar-refractivity contribution in [3.8, 4) is 16.9 Å². The summed E-state index contributed by atoms with van der Waals surface area (Å²) in [5.41, 5.74) is 4.84. The molecule has 5 rings (SSSR count). The standard InChI is InChI=1S/C20H19N5/c1-23(2)12-19-21-22-20-13-24-16-9-5-3-7-14(16)11-18(24)15-8-4-6-10-17(15)25(19)20/h3-11H,12-13H2,1-2H3. The van der Waals surface area contributed by atoms with Crippen molar-refractivity contribution in [2.24, 2.45) is 0 Å². The molecule has 0 unspecified atom stereocenters.